The summed E-state index contributed by atoms with van der Waals surface area (Å²) in [6, 6.07) is 32.8. The molecule has 166 valence electrons. The molecule has 0 spiro atoms. The summed E-state index contributed by atoms with van der Waals surface area (Å²) < 4.78 is 2.15. The summed E-state index contributed by atoms with van der Waals surface area (Å²) in [4.78, 5) is 13.7. The molecule has 0 amide bonds. The number of fused-ring (bicyclic) bond motifs is 3. The van der Waals surface area contributed by atoms with Gasteiger partial charge in [0.15, 0.2) is 5.69 Å². The predicted molar refractivity (Wildman–Crippen MR) is 143 cm³/mol. The third kappa shape index (κ3) is 3.64. The van der Waals surface area contributed by atoms with Gasteiger partial charge in [-0.05, 0) is 55.8 Å². The van der Waals surface area contributed by atoms with Crippen LogP contribution in [0.5, 0.6) is 0 Å². The average molecular weight is 451 g/mol. The Balaban J connectivity index is 1.69. The summed E-state index contributed by atoms with van der Waals surface area (Å²) in [5, 5.41) is 2.38. The molecule has 4 nitrogen and oxygen atoms in total. The van der Waals surface area contributed by atoms with Crippen molar-refractivity contribution in [3.05, 3.63) is 120 Å². The van der Waals surface area contributed by atoms with E-state index in [4.69, 9.17) is 16.5 Å². The lowest BCUT2D eigenvalue weighted by Gasteiger charge is -2.12. The molecule has 0 atom stereocenters. The smallest absolute Gasteiger partial charge is 0.235 e. The first kappa shape index (κ1) is 20.8. The molecule has 0 aliphatic heterocycles. The minimum Gasteiger partial charge on any atom is -0.278 e. The molecule has 6 aromatic rings. The van der Waals surface area contributed by atoms with Gasteiger partial charge in [-0.25, -0.2) is 14.8 Å². The van der Waals surface area contributed by atoms with E-state index in [0.717, 1.165) is 33.5 Å². The fourth-order valence-corrected chi connectivity index (χ4v) is 4.64. The highest BCUT2D eigenvalue weighted by atomic mass is 15.2. The van der Waals surface area contributed by atoms with Gasteiger partial charge in [-0.3, -0.25) is 4.57 Å². The minimum absolute atomic E-state index is 0.590. The van der Waals surface area contributed by atoms with E-state index < -0.39 is 0 Å². The largest absolute Gasteiger partial charge is 0.278 e. The molecule has 0 aliphatic rings. The molecule has 0 fully saturated rings. The molecule has 0 saturated heterocycles. The summed E-state index contributed by atoms with van der Waals surface area (Å²) >= 11 is 0. The Bertz CT molecular complexity index is 1710. The fraction of sp³-hybridized carbons (Fsp3) is 0.0645. The number of aromatic nitrogens is 3. The van der Waals surface area contributed by atoms with Crippen LogP contribution >= 0.6 is 0 Å². The average Bonchev–Trinajstić information content (AvgIpc) is 3.21. The quantitative estimate of drug-likeness (QED) is 0.256. The zero-order valence-corrected chi connectivity index (χ0v) is 19.5. The molecule has 35 heavy (non-hydrogen) atoms. The van der Waals surface area contributed by atoms with Crippen molar-refractivity contribution in [2.24, 2.45) is 0 Å². The lowest BCUT2D eigenvalue weighted by Crippen LogP contribution is -2.04. The summed E-state index contributed by atoms with van der Waals surface area (Å²) in [6.45, 7) is 11.7. The molecule has 0 unspecified atom stereocenters. The van der Waals surface area contributed by atoms with Crippen LogP contribution < -0.4 is 0 Å². The first-order chi connectivity index (χ1) is 17.1. The van der Waals surface area contributed by atoms with Crippen LogP contribution in [0.15, 0.2) is 97.1 Å². The molecule has 2 heterocycles. The zero-order valence-electron chi connectivity index (χ0n) is 19.5. The van der Waals surface area contributed by atoms with Crippen molar-refractivity contribution < 1.29 is 0 Å². The van der Waals surface area contributed by atoms with Gasteiger partial charge in [0.25, 0.3) is 0 Å². The maximum atomic E-state index is 7.44. The first-order valence-corrected chi connectivity index (χ1v) is 11.5. The van der Waals surface area contributed by atoms with Gasteiger partial charge >= 0.3 is 0 Å². The van der Waals surface area contributed by atoms with Crippen LogP contribution in [0.3, 0.4) is 0 Å². The highest BCUT2D eigenvalue weighted by molar-refractivity contribution is 6.09. The van der Waals surface area contributed by atoms with E-state index in [2.05, 4.69) is 71.8 Å². The highest BCUT2D eigenvalue weighted by Gasteiger charge is 2.17. The third-order valence-corrected chi connectivity index (χ3v) is 6.33. The van der Waals surface area contributed by atoms with E-state index in [9.17, 15) is 0 Å². The van der Waals surface area contributed by atoms with Gasteiger partial charge in [-0.1, -0.05) is 71.8 Å². The second-order valence-corrected chi connectivity index (χ2v) is 8.84. The molecule has 4 aromatic carbocycles. The maximum Gasteiger partial charge on any atom is 0.235 e. The summed E-state index contributed by atoms with van der Waals surface area (Å²) in [7, 11) is 0. The number of aryl methyl sites for hydroxylation is 2. The van der Waals surface area contributed by atoms with Crippen LogP contribution in [-0.2, 0) is 0 Å². The van der Waals surface area contributed by atoms with Crippen LogP contribution in [0, 0.1) is 20.4 Å². The molecule has 6 rings (SSSR count). The monoisotopic (exact) mass is 450 g/mol. The Kier molecular flexibility index (Phi) is 4.90. The number of rotatable bonds is 3. The number of nitrogens with zero attached hydrogens (tertiary/aromatic N) is 4. The van der Waals surface area contributed by atoms with Crippen LogP contribution in [0.4, 0.5) is 5.69 Å². The van der Waals surface area contributed by atoms with Gasteiger partial charge < -0.3 is 0 Å². The van der Waals surface area contributed by atoms with Gasteiger partial charge in [0, 0.05) is 16.3 Å². The highest BCUT2D eigenvalue weighted by Crippen LogP contribution is 2.34. The van der Waals surface area contributed by atoms with Crippen LogP contribution in [0.2, 0.25) is 0 Å². The molecule has 0 radical (unpaired) electrons. The second kappa shape index (κ2) is 8.23. The van der Waals surface area contributed by atoms with Crippen LogP contribution in [0.1, 0.15) is 11.1 Å². The molecule has 0 bridgehead atoms. The lowest BCUT2D eigenvalue weighted by molar-refractivity contribution is 0.995. The molecule has 0 aliphatic carbocycles. The SMILES string of the molecule is [C-]#[N+]c1cccc(-c2cc(-c3ccccc3)nc(-n3c4ccc(C)cc4c4cc(C)ccc43)n2)c1. The summed E-state index contributed by atoms with van der Waals surface area (Å²) in [5.74, 6) is 0.613. The van der Waals surface area contributed by atoms with E-state index in [1.807, 2.05) is 48.5 Å². The van der Waals surface area contributed by atoms with Gasteiger partial charge in [-0.2, -0.15) is 0 Å². The number of hydrogen-bond acceptors (Lipinski definition) is 2. The van der Waals surface area contributed by atoms with Crippen molar-refractivity contribution in [1.29, 1.82) is 0 Å². The Morgan fingerprint density at radius 2 is 1.23 bits per heavy atom. The first-order valence-electron chi connectivity index (χ1n) is 11.5. The van der Waals surface area contributed by atoms with Crippen molar-refractivity contribution in [3.8, 4) is 28.5 Å². The molecular weight excluding hydrogens is 428 g/mol. The van der Waals surface area contributed by atoms with Crippen molar-refractivity contribution >= 4 is 27.5 Å². The Morgan fingerprint density at radius 3 is 1.86 bits per heavy atom. The maximum absolute atomic E-state index is 7.44. The lowest BCUT2D eigenvalue weighted by atomic mass is 10.1. The molecule has 2 aromatic heterocycles. The van der Waals surface area contributed by atoms with Crippen molar-refractivity contribution in [1.82, 2.24) is 14.5 Å². The van der Waals surface area contributed by atoms with Gasteiger partial charge in [0.2, 0.25) is 5.95 Å². The van der Waals surface area contributed by atoms with Crippen LogP contribution in [0.25, 0.3) is 55.1 Å². The van der Waals surface area contributed by atoms with Gasteiger partial charge in [0.1, 0.15) is 0 Å². The van der Waals surface area contributed by atoms with Gasteiger partial charge in [-0.15, -0.1) is 0 Å². The van der Waals surface area contributed by atoms with Crippen molar-refractivity contribution in [3.63, 3.8) is 0 Å². The number of benzene rings is 4. The summed E-state index contributed by atoms with van der Waals surface area (Å²) in [6.07, 6.45) is 0. The zero-order chi connectivity index (χ0) is 23.9. The molecular formula is C31H22N4. The Morgan fingerprint density at radius 1 is 0.629 bits per heavy atom. The van der Waals surface area contributed by atoms with Crippen molar-refractivity contribution in [2.45, 2.75) is 13.8 Å². The standard InChI is InChI=1S/C31H22N4/c1-20-12-14-29-25(16-20)26-17-21(2)13-15-30(26)35(29)31-33-27(22-8-5-4-6-9-22)19-28(34-31)23-10-7-11-24(18-23)32-3/h4-19H,1-2H3. The van der Waals surface area contributed by atoms with E-state index in [0.29, 0.717) is 11.6 Å². The van der Waals surface area contributed by atoms with Crippen LogP contribution in [-0.4, -0.2) is 14.5 Å². The summed E-state index contributed by atoms with van der Waals surface area (Å²) in [5.41, 5.74) is 8.71. The Hall–Kier alpha value is -4.75. The number of hydrogen-bond donors (Lipinski definition) is 0. The van der Waals surface area contributed by atoms with E-state index in [1.54, 1.807) is 0 Å². The fourth-order valence-electron chi connectivity index (χ4n) is 4.64. The minimum atomic E-state index is 0.590. The van der Waals surface area contributed by atoms with Crippen molar-refractivity contribution in [2.75, 3.05) is 0 Å². The van der Waals surface area contributed by atoms with E-state index in [-0.39, 0.29) is 0 Å². The van der Waals surface area contributed by atoms with E-state index in [1.165, 1.54) is 21.9 Å². The van der Waals surface area contributed by atoms with E-state index >= 15 is 0 Å². The van der Waals surface area contributed by atoms with Gasteiger partial charge in [0.05, 0.1) is 29.0 Å². The molecule has 4 heteroatoms. The Labute approximate surface area is 204 Å². The predicted octanol–water partition coefficient (Wildman–Crippen LogP) is 8.08. The second-order valence-electron chi connectivity index (χ2n) is 8.84. The topological polar surface area (TPSA) is 35.1 Å². The molecule has 0 N–H and O–H groups in total. The molecule has 0 saturated carbocycles. The normalized spacial score (nSPS) is 11.1. The third-order valence-electron chi connectivity index (χ3n) is 6.33.